The van der Waals surface area contributed by atoms with Crippen LogP contribution in [0.5, 0.6) is 0 Å². The summed E-state index contributed by atoms with van der Waals surface area (Å²) in [7, 11) is 1.73. The van der Waals surface area contributed by atoms with E-state index >= 15 is 0 Å². The Bertz CT molecular complexity index is 614. The molecule has 0 bridgehead atoms. The molecule has 0 aliphatic carbocycles. The van der Waals surface area contributed by atoms with E-state index in [-0.39, 0.29) is 5.41 Å². The van der Waals surface area contributed by atoms with E-state index in [0.29, 0.717) is 12.6 Å². The highest BCUT2D eigenvalue weighted by Crippen LogP contribution is 2.26. The normalized spacial score (nSPS) is 16.5. The van der Waals surface area contributed by atoms with Crippen molar-refractivity contribution in [3.8, 4) is 0 Å². The Morgan fingerprint density at radius 3 is 2.68 bits per heavy atom. The van der Waals surface area contributed by atoms with Crippen LogP contribution in [0.1, 0.15) is 45.6 Å². The zero-order valence-corrected chi connectivity index (χ0v) is 18.6. The molecule has 1 fully saturated rings. The molecule has 0 saturated carbocycles. The minimum atomic E-state index is -0.0750. The lowest BCUT2D eigenvalue weighted by molar-refractivity contribution is 0.00989. The molecular formula is C22H36ClN3O2. The summed E-state index contributed by atoms with van der Waals surface area (Å²) in [6, 6.07) is 8.08. The number of hydrogen-bond acceptors (Lipinski definition) is 3. The highest BCUT2D eigenvalue weighted by atomic mass is 35.5. The first-order chi connectivity index (χ1) is 13.5. The Kier molecular flexibility index (Phi) is 9.56. The summed E-state index contributed by atoms with van der Waals surface area (Å²) in [6.07, 6.45) is 3.38. The molecule has 1 aliphatic rings. The molecule has 6 heteroatoms. The molecular weight excluding hydrogens is 374 g/mol. The first kappa shape index (κ1) is 23.0. The molecule has 0 radical (unpaired) electrons. The first-order valence-electron chi connectivity index (χ1n) is 10.4. The average Bonchev–Trinajstić information content (AvgIpc) is 2.69. The molecule has 1 aliphatic heterocycles. The minimum Gasteiger partial charge on any atom is -0.385 e. The van der Waals surface area contributed by atoms with Crippen LogP contribution in [0.2, 0.25) is 5.02 Å². The Morgan fingerprint density at radius 2 is 2.04 bits per heavy atom. The summed E-state index contributed by atoms with van der Waals surface area (Å²) in [5.74, 6) is 0.996. The lowest BCUT2D eigenvalue weighted by atomic mass is 9.85. The van der Waals surface area contributed by atoms with Gasteiger partial charge in [0, 0.05) is 50.4 Å². The van der Waals surface area contributed by atoms with E-state index < -0.39 is 0 Å². The lowest BCUT2D eigenvalue weighted by Gasteiger charge is -2.35. The van der Waals surface area contributed by atoms with Gasteiger partial charge >= 0.3 is 0 Å². The van der Waals surface area contributed by atoms with Crippen molar-refractivity contribution >= 4 is 17.6 Å². The number of benzene rings is 1. The van der Waals surface area contributed by atoms with Gasteiger partial charge in [-0.1, -0.05) is 37.6 Å². The number of nitrogens with one attached hydrogen (secondary N) is 1. The third-order valence-electron chi connectivity index (χ3n) is 5.15. The van der Waals surface area contributed by atoms with Gasteiger partial charge in [0.1, 0.15) is 0 Å². The van der Waals surface area contributed by atoms with Crippen molar-refractivity contribution in [2.75, 3.05) is 46.5 Å². The van der Waals surface area contributed by atoms with E-state index in [4.69, 9.17) is 26.1 Å². The van der Waals surface area contributed by atoms with Crippen molar-refractivity contribution in [3.63, 3.8) is 0 Å². The number of aliphatic imine (C=N–C) groups is 1. The summed E-state index contributed by atoms with van der Waals surface area (Å²) in [5.41, 5.74) is 1.14. The van der Waals surface area contributed by atoms with E-state index in [2.05, 4.69) is 37.1 Å². The molecule has 2 rings (SSSR count). The number of methoxy groups -OCH3 is 1. The van der Waals surface area contributed by atoms with Gasteiger partial charge < -0.3 is 19.7 Å². The molecule has 0 atom stereocenters. The fourth-order valence-corrected chi connectivity index (χ4v) is 3.58. The highest BCUT2D eigenvalue weighted by Gasteiger charge is 2.24. The van der Waals surface area contributed by atoms with Gasteiger partial charge in [-0.05, 0) is 43.9 Å². The third kappa shape index (κ3) is 7.26. The maximum Gasteiger partial charge on any atom is 0.193 e. The van der Waals surface area contributed by atoms with Crippen LogP contribution in [0, 0.1) is 0 Å². The maximum atomic E-state index is 6.18. The van der Waals surface area contributed by atoms with Crippen LogP contribution < -0.4 is 5.32 Å². The average molecular weight is 410 g/mol. The zero-order valence-electron chi connectivity index (χ0n) is 17.8. The molecule has 28 heavy (non-hydrogen) atoms. The smallest absolute Gasteiger partial charge is 0.193 e. The Balaban J connectivity index is 1.92. The number of halogens is 1. The van der Waals surface area contributed by atoms with Crippen molar-refractivity contribution < 1.29 is 9.47 Å². The summed E-state index contributed by atoms with van der Waals surface area (Å²) in [4.78, 5) is 7.31. The van der Waals surface area contributed by atoms with E-state index in [0.717, 1.165) is 63.1 Å². The SMILES string of the molecule is CCNC(=NCC(C)(C)c1cccc(Cl)c1)N1CCC(OCCCOC)CC1. The molecule has 0 unspecified atom stereocenters. The number of nitrogens with zero attached hydrogens (tertiary/aromatic N) is 2. The van der Waals surface area contributed by atoms with Gasteiger partial charge in [-0.2, -0.15) is 0 Å². The Labute approximate surface area is 175 Å². The van der Waals surface area contributed by atoms with E-state index in [1.54, 1.807) is 7.11 Å². The van der Waals surface area contributed by atoms with Crippen molar-refractivity contribution in [3.05, 3.63) is 34.9 Å². The Hall–Kier alpha value is -1.30. The van der Waals surface area contributed by atoms with Crippen LogP contribution >= 0.6 is 11.6 Å². The predicted molar refractivity (Wildman–Crippen MR) is 117 cm³/mol. The number of hydrogen-bond donors (Lipinski definition) is 1. The van der Waals surface area contributed by atoms with Crippen LogP contribution in [0.4, 0.5) is 0 Å². The van der Waals surface area contributed by atoms with Crippen LogP contribution in [-0.2, 0) is 14.9 Å². The van der Waals surface area contributed by atoms with Gasteiger partial charge in [-0.25, -0.2) is 0 Å². The van der Waals surface area contributed by atoms with Crippen molar-refractivity contribution in [2.45, 2.75) is 51.6 Å². The van der Waals surface area contributed by atoms with Gasteiger partial charge in [0.05, 0.1) is 12.6 Å². The van der Waals surface area contributed by atoms with Crippen molar-refractivity contribution in [1.82, 2.24) is 10.2 Å². The number of guanidine groups is 1. The minimum absolute atomic E-state index is 0.0750. The summed E-state index contributed by atoms with van der Waals surface area (Å²) >= 11 is 6.18. The van der Waals surface area contributed by atoms with Crippen molar-refractivity contribution in [2.24, 2.45) is 4.99 Å². The molecule has 5 nitrogen and oxygen atoms in total. The molecule has 1 saturated heterocycles. The molecule has 1 N–H and O–H groups in total. The van der Waals surface area contributed by atoms with Gasteiger partial charge in [0.25, 0.3) is 0 Å². The number of likely N-dealkylation sites (tertiary alicyclic amines) is 1. The van der Waals surface area contributed by atoms with Crippen LogP contribution in [0.25, 0.3) is 0 Å². The molecule has 158 valence electrons. The first-order valence-corrected chi connectivity index (χ1v) is 10.7. The monoisotopic (exact) mass is 409 g/mol. The standard InChI is InChI=1S/C22H36ClN3O2/c1-5-24-21(25-17-22(2,3)18-8-6-9-19(23)16-18)26-12-10-20(11-13-26)28-15-7-14-27-4/h6,8-9,16,20H,5,7,10-15,17H2,1-4H3,(H,24,25). The molecule has 1 aromatic rings. The highest BCUT2D eigenvalue weighted by molar-refractivity contribution is 6.30. The Morgan fingerprint density at radius 1 is 1.29 bits per heavy atom. The van der Waals surface area contributed by atoms with E-state index in [1.165, 1.54) is 5.56 Å². The topological polar surface area (TPSA) is 46.1 Å². The number of rotatable bonds is 9. The summed E-state index contributed by atoms with van der Waals surface area (Å²) in [5, 5.41) is 4.23. The molecule has 0 amide bonds. The second-order valence-electron chi connectivity index (χ2n) is 7.97. The molecule has 1 heterocycles. The largest absolute Gasteiger partial charge is 0.385 e. The van der Waals surface area contributed by atoms with Gasteiger partial charge in [0.15, 0.2) is 5.96 Å². The van der Waals surface area contributed by atoms with Crippen LogP contribution in [-0.4, -0.2) is 63.5 Å². The van der Waals surface area contributed by atoms with Gasteiger partial charge in [0.2, 0.25) is 0 Å². The maximum absolute atomic E-state index is 6.18. The van der Waals surface area contributed by atoms with E-state index in [1.807, 2.05) is 18.2 Å². The molecule has 0 aromatic heterocycles. The quantitative estimate of drug-likeness (QED) is 0.379. The van der Waals surface area contributed by atoms with E-state index in [9.17, 15) is 0 Å². The fourth-order valence-electron chi connectivity index (χ4n) is 3.39. The van der Waals surface area contributed by atoms with Crippen LogP contribution in [0.15, 0.2) is 29.3 Å². The summed E-state index contributed by atoms with van der Waals surface area (Å²) in [6.45, 7) is 11.6. The summed E-state index contributed by atoms with van der Waals surface area (Å²) < 4.78 is 11.1. The third-order valence-corrected chi connectivity index (χ3v) is 5.39. The van der Waals surface area contributed by atoms with Crippen molar-refractivity contribution in [1.29, 1.82) is 0 Å². The molecule has 0 spiro atoms. The fraction of sp³-hybridized carbons (Fsp3) is 0.682. The van der Waals surface area contributed by atoms with Crippen LogP contribution in [0.3, 0.4) is 0 Å². The predicted octanol–water partition coefficient (Wildman–Crippen LogP) is 4.10. The van der Waals surface area contributed by atoms with Gasteiger partial charge in [-0.15, -0.1) is 0 Å². The second kappa shape index (κ2) is 11.6. The lowest BCUT2D eigenvalue weighted by Crippen LogP contribution is -2.47. The zero-order chi connectivity index (χ0) is 20.4. The molecule has 1 aromatic carbocycles. The number of ether oxygens (including phenoxy) is 2. The number of piperidine rings is 1. The second-order valence-corrected chi connectivity index (χ2v) is 8.40. The van der Waals surface area contributed by atoms with Gasteiger partial charge in [-0.3, -0.25) is 4.99 Å².